The second-order valence-electron chi connectivity index (χ2n) is 9.15. The van der Waals surface area contributed by atoms with Crippen molar-refractivity contribution in [2.75, 3.05) is 13.2 Å². The Bertz CT molecular complexity index is 778. The van der Waals surface area contributed by atoms with Gasteiger partial charge in [-0.3, -0.25) is 0 Å². The van der Waals surface area contributed by atoms with Gasteiger partial charge in [0.2, 0.25) is 0 Å². The van der Waals surface area contributed by atoms with Gasteiger partial charge in [0.15, 0.2) is 5.60 Å². The van der Waals surface area contributed by atoms with E-state index in [9.17, 15) is 5.26 Å². The van der Waals surface area contributed by atoms with Gasteiger partial charge in [-0.1, -0.05) is 46.3 Å². The van der Waals surface area contributed by atoms with Crippen molar-refractivity contribution in [1.29, 1.82) is 5.26 Å². The smallest absolute Gasteiger partial charge is 0.313 e. The maximum atomic E-state index is 9.95. The molecular weight excluding hydrogens is 342 g/mol. The van der Waals surface area contributed by atoms with Crippen LogP contribution < -0.4 is 0 Å². The normalized spacial score (nSPS) is 31.0. The number of ether oxygens (including phenoxy) is 3. The summed E-state index contributed by atoms with van der Waals surface area (Å²) < 4.78 is 18.1. The van der Waals surface area contributed by atoms with Gasteiger partial charge in [0.05, 0.1) is 19.3 Å². The highest BCUT2D eigenvalue weighted by molar-refractivity contribution is 6.83. The lowest BCUT2D eigenvalue weighted by atomic mass is 9.68. The standard InChI is InChI=1S/C21H27NO3Si/c1-19(2,3)20(15-22)18-13-23-21(25-20,24-14-18)17-9-7-16(8-10-17)11-12-26(4,5)6/h7-10,18H,13-14H2,1-6H3. The summed E-state index contributed by atoms with van der Waals surface area (Å²) in [4.78, 5) is 0. The van der Waals surface area contributed by atoms with Gasteiger partial charge in [-0.2, -0.15) is 5.26 Å². The van der Waals surface area contributed by atoms with E-state index in [-0.39, 0.29) is 11.3 Å². The van der Waals surface area contributed by atoms with Gasteiger partial charge in [-0.05, 0) is 24.3 Å². The molecule has 1 atom stereocenters. The highest BCUT2D eigenvalue weighted by Crippen LogP contribution is 2.53. The number of hydrogen-bond donors (Lipinski definition) is 0. The molecule has 1 unspecified atom stereocenters. The summed E-state index contributed by atoms with van der Waals surface area (Å²) in [6, 6.07) is 10.2. The van der Waals surface area contributed by atoms with Crippen molar-refractivity contribution in [3.63, 3.8) is 0 Å². The summed E-state index contributed by atoms with van der Waals surface area (Å²) in [6.07, 6.45) is 0. The molecule has 0 spiro atoms. The van der Waals surface area contributed by atoms with Crippen LogP contribution in [0, 0.1) is 34.1 Å². The van der Waals surface area contributed by atoms with Gasteiger partial charge in [0.25, 0.3) is 0 Å². The Morgan fingerprint density at radius 3 is 2.12 bits per heavy atom. The minimum atomic E-state index is -1.42. The Morgan fingerprint density at radius 2 is 1.65 bits per heavy atom. The van der Waals surface area contributed by atoms with Crippen LogP contribution in [0.25, 0.3) is 0 Å². The van der Waals surface area contributed by atoms with E-state index < -0.39 is 19.6 Å². The molecule has 1 aromatic rings. The van der Waals surface area contributed by atoms with Crippen molar-refractivity contribution in [3.8, 4) is 17.5 Å². The second kappa shape index (κ2) is 6.22. The molecule has 1 aromatic carbocycles. The van der Waals surface area contributed by atoms with Gasteiger partial charge in [-0.15, -0.1) is 5.54 Å². The first-order valence-corrected chi connectivity index (χ1v) is 12.5. The van der Waals surface area contributed by atoms with Gasteiger partial charge < -0.3 is 14.2 Å². The predicted octanol–water partition coefficient (Wildman–Crippen LogP) is 4.03. The van der Waals surface area contributed by atoms with Crippen molar-refractivity contribution in [2.24, 2.45) is 11.3 Å². The quantitative estimate of drug-likeness (QED) is 0.554. The van der Waals surface area contributed by atoms with Gasteiger partial charge in [0, 0.05) is 22.5 Å². The molecule has 0 saturated carbocycles. The average Bonchev–Trinajstić information content (AvgIpc) is 2.59. The maximum absolute atomic E-state index is 9.95. The van der Waals surface area contributed by atoms with E-state index >= 15 is 0 Å². The van der Waals surface area contributed by atoms with E-state index in [1.54, 1.807) is 0 Å². The van der Waals surface area contributed by atoms with E-state index in [1.807, 2.05) is 45.0 Å². The zero-order valence-electron chi connectivity index (χ0n) is 16.5. The molecule has 0 aromatic heterocycles. The number of hydrogen-bond acceptors (Lipinski definition) is 4. The summed E-state index contributed by atoms with van der Waals surface area (Å²) in [6.45, 7) is 13.6. The molecule has 3 saturated heterocycles. The summed E-state index contributed by atoms with van der Waals surface area (Å²) in [5.74, 6) is 1.83. The Kier molecular flexibility index (Phi) is 4.58. The molecular formula is C21H27NO3Si. The first-order chi connectivity index (χ1) is 12.0. The molecule has 3 aliphatic heterocycles. The highest BCUT2D eigenvalue weighted by atomic mass is 28.3. The third-order valence-electron chi connectivity index (χ3n) is 4.92. The lowest BCUT2D eigenvalue weighted by molar-refractivity contribution is -0.504. The second-order valence-corrected chi connectivity index (χ2v) is 13.9. The van der Waals surface area contributed by atoms with Crippen LogP contribution in [-0.4, -0.2) is 26.9 Å². The van der Waals surface area contributed by atoms with Crippen LogP contribution in [0.15, 0.2) is 24.3 Å². The lowest BCUT2D eigenvalue weighted by Crippen LogP contribution is -2.67. The zero-order chi connectivity index (χ0) is 19.2. The van der Waals surface area contributed by atoms with Crippen LogP contribution in [0.5, 0.6) is 0 Å². The first kappa shape index (κ1) is 19.1. The minimum absolute atomic E-state index is 0.101. The minimum Gasteiger partial charge on any atom is -0.323 e. The molecule has 5 heteroatoms. The van der Waals surface area contributed by atoms with Crippen LogP contribution in [0.3, 0.4) is 0 Å². The van der Waals surface area contributed by atoms with Crippen molar-refractivity contribution < 1.29 is 14.2 Å². The van der Waals surface area contributed by atoms with E-state index in [2.05, 4.69) is 37.2 Å². The van der Waals surface area contributed by atoms with Crippen molar-refractivity contribution in [1.82, 2.24) is 0 Å². The summed E-state index contributed by atoms with van der Waals surface area (Å²) in [7, 11) is -1.42. The Hall–Kier alpha value is -1.63. The monoisotopic (exact) mass is 369 g/mol. The van der Waals surface area contributed by atoms with Crippen LogP contribution in [-0.2, 0) is 20.2 Å². The van der Waals surface area contributed by atoms with Gasteiger partial charge >= 0.3 is 5.97 Å². The zero-order valence-corrected chi connectivity index (χ0v) is 17.5. The molecule has 138 valence electrons. The molecule has 4 rings (SSSR count). The molecule has 4 nitrogen and oxygen atoms in total. The SMILES string of the molecule is CC(C)(C)C1(C#N)OC2(c3ccc(C#C[Si](C)(C)C)cc3)OCC1CO2. The number of nitrogens with zero attached hydrogens (tertiary/aromatic N) is 1. The van der Waals surface area contributed by atoms with Crippen molar-refractivity contribution in [2.45, 2.75) is 52.0 Å². The van der Waals surface area contributed by atoms with E-state index in [0.29, 0.717) is 13.2 Å². The maximum Gasteiger partial charge on any atom is 0.313 e. The van der Waals surface area contributed by atoms with E-state index in [4.69, 9.17) is 14.2 Å². The molecule has 3 fully saturated rings. The Morgan fingerprint density at radius 1 is 1.08 bits per heavy atom. The van der Waals surface area contributed by atoms with Crippen molar-refractivity contribution in [3.05, 3.63) is 35.4 Å². The molecule has 3 heterocycles. The van der Waals surface area contributed by atoms with Crippen LogP contribution in [0.1, 0.15) is 31.9 Å². The Labute approximate surface area is 157 Å². The van der Waals surface area contributed by atoms with Crippen LogP contribution in [0.2, 0.25) is 19.6 Å². The third kappa shape index (κ3) is 3.21. The summed E-state index contributed by atoms with van der Waals surface area (Å²) in [5, 5.41) is 9.95. The van der Waals surface area contributed by atoms with E-state index in [0.717, 1.165) is 11.1 Å². The fourth-order valence-corrected chi connectivity index (χ4v) is 3.91. The van der Waals surface area contributed by atoms with E-state index in [1.165, 1.54) is 0 Å². The molecule has 2 bridgehead atoms. The number of benzene rings is 1. The Balaban J connectivity index is 1.93. The molecule has 26 heavy (non-hydrogen) atoms. The van der Waals surface area contributed by atoms with Gasteiger partial charge in [-0.25, -0.2) is 0 Å². The van der Waals surface area contributed by atoms with Crippen LogP contribution in [0.4, 0.5) is 0 Å². The predicted molar refractivity (Wildman–Crippen MR) is 103 cm³/mol. The summed E-state index contributed by atoms with van der Waals surface area (Å²) >= 11 is 0. The van der Waals surface area contributed by atoms with Gasteiger partial charge in [0.1, 0.15) is 8.07 Å². The lowest BCUT2D eigenvalue weighted by Gasteiger charge is -2.57. The molecule has 0 radical (unpaired) electrons. The molecule has 0 aliphatic carbocycles. The topological polar surface area (TPSA) is 51.5 Å². The summed E-state index contributed by atoms with van der Waals surface area (Å²) in [5.41, 5.74) is 3.78. The fraction of sp³-hybridized carbons (Fsp3) is 0.571. The fourth-order valence-electron chi connectivity index (χ4n) is 3.39. The highest BCUT2D eigenvalue weighted by Gasteiger charge is 2.63. The molecule has 3 aliphatic rings. The largest absolute Gasteiger partial charge is 0.323 e. The van der Waals surface area contributed by atoms with Crippen LogP contribution >= 0.6 is 0 Å². The third-order valence-corrected chi connectivity index (χ3v) is 5.79. The number of nitriles is 1. The number of fused-ring (bicyclic) bond motifs is 3. The number of rotatable bonds is 1. The molecule has 0 N–H and O–H groups in total. The molecule has 0 amide bonds. The first-order valence-electron chi connectivity index (χ1n) is 9.04. The average molecular weight is 370 g/mol. The van der Waals surface area contributed by atoms with Crippen molar-refractivity contribution >= 4 is 8.07 Å².